The molecule has 12 heteroatoms. The van der Waals surface area contributed by atoms with Gasteiger partial charge >= 0.3 is 12.1 Å². The highest BCUT2D eigenvalue weighted by Crippen LogP contribution is 2.37. The van der Waals surface area contributed by atoms with Crippen LogP contribution in [0.15, 0.2) is 42.5 Å². The van der Waals surface area contributed by atoms with E-state index in [-0.39, 0.29) is 6.61 Å². The van der Waals surface area contributed by atoms with E-state index < -0.39 is 52.6 Å². The molecule has 1 aliphatic heterocycles. The van der Waals surface area contributed by atoms with Crippen LogP contribution in [0.1, 0.15) is 5.56 Å². The van der Waals surface area contributed by atoms with Gasteiger partial charge in [-0.1, -0.05) is 12.1 Å². The maximum atomic E-state index is 13.1. The number of nitro groups is 1. The van der Waals surface area contributed by atoms with Crippen LogP contribution in [-0.2, 0) is 20.5 Å². The fourth-order valence-corrected chi connectivity index (χ4v) is 2.54. The smallest absolute Gasteiger partial charge is 0.418 e. The summed E-state index contributed by atoms with van der Waals surface area (Å²) in [5.41, 5.74) is -2.90. The zero-order valence-corrected chi connectivity index (χ0v) is 15.0. The zero-order chi connectivity index (χ0) is 21.9. The summed E-state index contributed by atoms with van der Waals surface area (Å²) in [6, 6.07) is 8.41. The first-order chi connectivity index (χ1) is 14.1. The van der Waals surface area contributed by atoms with E-state index in [4.69, 9.17) is 14.2 Å². The van der Waals surface area contributed by atoms with E-state index in [1.165, 1.54) is 0 Å². The molecule has 0 saturated heterocycles. The molecule has 2 aromatic carbocycles. The molecule has 9 nitrogen and oxygen atoms in total. The topological polar surface area (TPSA) is 117 Å². The molecule has 0 saturated carbocycles. The number of nitrogens with zero attached hydrogens (tertiary/aromatic N) is 1. The number of halogens is 3. The van der Waals surface area contributed by atoms with E-state index in [1.54, 1.807) is 24.3 Å². The van der Waals surface area contributed by atoms with Crippen molar-refractivity contribution in [3.8, 4) is 11.5 Å². The fraction of sp³-hybridized carbons (Fsp3) is 0.222. The first-order valence-corrected chi connectivity index (χ1v) is 8.36. The molecule has 30 heavy (non-hydrogen) atoms. The number of carbonyl (C=O) groups is 2. The molecule has 0 spiro atoms. The second kappa shape index (κ2) is 8.27. The van der Waals surface area contributed by atoms with Crippen LogP contribution >= 0.6 is 0 Å². The molecule has 0 aliphatic carbocycles. The summed E-state index contributed by atoms with van der Waals surface area (Å²) in [6.07, 6.45) is -6.11. The third-order valence-electron chi connectivity index (χ3n) is 3.91. The van der Waals surface area contributed by atoms with E-state index in [2.05, 4.69) is 0 Å². The molecule has 0 radical (unpaired) electrons. The second-order valence-electron chi connectivity index (χ2n) is 6.00. The number of ether oxygens (including phenoxy) is 3. The van der Waals surface area contributed by atoms with Crippen LogP contribution in [0.4, 0.5) is 24.5 Å². The lowest BCUT2D eigenvalue weighted by molar-refractivity contribution is -0.385. The van der Waals surface area contributed by atoms with Crippen molar-refractivity contribution in [2.24, 2.45) is 0 Å². The first-order valence-electron chi connectivity index (χ1n) is 8.36. The van der Waals surface area contributed by atoms with E-state index >= 15 is 0 Å². The van der Waals surface area contributed by atoms with Crippen LogP contribution in [0.5, 0.6) is 11.5 Å². The van der Waals surface area contributed by atoms with E-state index in [9.17, 15) is 32.9 Å². The predicted octanol–water partition coefficient (Wildman–Crippen LogP) is 2.94. The Labute approximate surface area is 166 Å². The van der Waals surface area contributed by atoms with Crippen LogP contribution in [0.3, 0.4) is 0 Å². The number of para-hydroxylation sites is 2. The third-order valence-corrected chi connectivity index (χ3v) is 3.91. The summed E-state index contributed by atoms with van der Waals surface area (Å²) in [6.45, 7) is -1.06. The average Bonchev–Trinajstić information content (AvgIpc) is 2.71. The van der Waals surface area contributed by atoms with Crippen LogP contribution in [0.25, 0.3) is 0 Å². The van der Waals surface area contributed by atoms with Crippen molar-refractivity contribution in [2.45, 2.75) is 12.3 Å². The summed E-state index contributed by atoms with van der Waals surface area (Å²) in [4.78, 5) is 33.7. The SMILES string of the molecule is O=C(COC(=O)[C@H]1COc2ccccc2O1)Nc1ccc([N+](=O)[O-])cc1C(F)(F)F. The normalized spacial score (nSPS) is 15.2. The van der Waals surface area contributed by atoms with Crippen molar-refractivity contribution < 1.29 is 41.9 Å². The van der Waals surface area contributed by atoms with Crippen molar-refractivity contribution in [2.75, 3.05) is 18.5 Å². The number of amides is 1. The quantitative estimate of drug-likeness (QED) is 0.444. The third kappa shape index (κ3) is 4.77. The van der Waals surface area contributed by atoms with Crippen LogP contribution in [0.2, 0.25) is 0 Å². The fourth-order valence-electron chi connectivity index (χ4n) is 2.54. The van der Waals surface area contributed by atoms with Gasteiger partial charge in [0.05, 0.1) is 16.2 Å². The number of esters is 1. The predicted molar refractivity (Wildman–Crippen MR) is 94.0 cm³/mol. The van der Waals surface area contributed by atoms with Gasteiger partial charge in [0.2, 0.25) is 6.10 Å². The largest absolute Gasteiger partial charge is 0.485 e. The molecule has 1 amide bonds. The molecule has 0 unspecified atom stereocenters. The summed E-state index contributed by atoms with van der Waals surface area (Å²) in [5, 5.41) is 12.6. The van der Waals surface area contributed by atoms with E-state index in [1.807, 2.05) is 5.32 Å². The average molecular weight is 426 g/mol. The Hall–Kier alpha value is -3.83. The number of benzene rings is 2. The number of nitro benzene ring substituents is 1. The minimum absolute atomic E-state index is 0.169. The molecule has 0 aromatic heterocycles. The summed E-state index contributed by atoms with van der Waals surface area (Å²) < 4.78 is 54.9. The molecule has 1 heterocycles. The molecule has 1 atom stereocenters. The summed E-state index contributed by atoms with van der Waals surface area (Å²) >= 11 is 0. The highest BCUT2D eigenvalue weighted by atomic mass is 19.4. The van der Waals surface area contributed by atoms with Crippen molar-refractivity contribution in [3.05, 3.63) is 58.1 Å². The van der Waals surface area contributed by atoms with Gasteiger partial charge < -0.3 is 19.5 Å². The van der Waals surface area contributed by atoms with Crippen molar-refractivity contribution in [3.63, 3.8) is 0 Å². The Kier molecular flexibility index (Phi) is 5.76. The van der Waals surface area contributed by atoms with Gasteiger partial charge in [-0.2, -0.15) is 13.2 Å². The molecule has 0 bridgehead atoms. The first kappa shape index (κ1) is 20.9. The Morgan fingerprint density at radius 3 is 2.57 bits per heavy atom. The minimum atomic E-state index is -4.95. The molecule has 1 N–H and O–H groups in total. The molecule has 2 aromatic rings. The second-order valence-corrected chi connectivity index (χ2v) is 6.00. The van der Waals surface area contributed by atoms with Gasteiger partial charge in [-0.3, -0.25) is 14.9 Å². The Morgan fingerprint density at radius 1 is 1.20 bits per heavy atom. The number of hydrogen-bond acceptors (Lipinski definition) is 7. The Balaban J connectivity index is 1.61. The molecular formula is C18H13F3N2O7. The number of non-ortho nitro benzene ring substituents is 1. The van der Waals surface area contributed by atoms with Gasteiger partial charge in [-0.15, -0.1) is 0 Å². The number of fused-ring (bicyclic) bond motifs is 1. The number of hydrogen-bond donors (Lipinski definition) is 1. The Bertz CT molecular complexity index is 994. The van der Waals surface area contributed by atoms with Crippen LogP contribution in [0, 0.1) is 10.1 Å². The summed E-state index contributed by atoms with van der Waals surface area (Å²) in [5.74, 6) is -1.28. The maximum absolute atomic E-state index is 13.1. The maximum Gasteiger partial charge on any atom is 0.418 e. The van der Waals surface area contributed by atoms with Gasteiger partial charge in [0.1, 0.15) is 6.61 Å². The number of rotatable bonds is 5. The lowest BCUT2D eigenvalue weighted by Gasteiger charge is -2.24. The zero-order valence-electron chi connectivity index (χ0n) is 15.0. The highest BCUT2D eigenvalue weighted by Gasteiger charge is 2.36. The summed E-state index contributed by atoms with van der Waals surface area (Å²) in [7, 11) is 0. The monoisotopic (exact) mass is 426 g/mol. The standard InChI is InChI=1S/C18H13F3N2O7/c19-18(20,21)11-7-10(23(26)27)5-6-12(11)22-16(24)9-29-17(25)15-8-28-13-3-1-2-4-14(13)30-15/h1-7,15H,8-9H2,(H,22,24)/t15-/m1/s1. The molecule has 0 fully saturated rings. The number of alkyl halides is 3. The van der Waals surface area contributed by atoms with Crippen molar-refractivity contribution in [1.29, 1.82) is 0 Å². The van der Waals surface area contributed by atoms with Crippen LogP contribution in [-0.4, -0.2) is 36.1 Å². The lowest BCUT2D eigenvalue weighted by Crippen LogP contribution is -2.39. The van der Waals surface area contributed by atoms with Gasteiger partial charge in [-0.25, -0.2) is 4.79 Å². The van der Waals surface area contributed by atoms with Gasteiger partial charge in [-0.05, 0) is 18.2 Å². The lowest BCUT2D eigenvalue weighted by atomic mass is 10.1. The number of carbonyl (C=O) groups excluding carboxylic acids is 2. The number of anilines is 1. The van der Waals surface area contributed by atoms with Crippen LogP contribution < -0.4 is 14.8 Å². The van der Waals surface area contributed by atoms with Crippen molar-refractivity contribution in [1.82, 2.24) is 0 Å². The Morgan fingerprint density at radius 2 is 1.90 bits per heavy atom. The molecule has 3 rings (SSSR count). The molecular weight excluding hydrogens is 413 g/mol. The van der Waals surface area contributed by atoms with Gasteiger partial charge in [0, 0.05) is 12.1 Å². The van der Waals surface area contributed by atoms with Crippen molar-refractivity contribution >= 4 is 23.3 Å². The molecule has 1 aliphatic rings. The number of nitrogens with one attached hydrogen (secondary N) is 1. The molecule has 158 valence electrons. The highest BCUT2D eigenvalue weighted by molar-refractivity contribution is 5.94. The van der Waals surface area contributed by atoms with E-state index in [0.29, 0.717) is 17.6 Å². The van der Waals surface area contributed by atoms with Gasteiger partial charge in [0.15, 0.2) is 18.1 Å². The van der Waals surface area contributed by atoms with E-state index in [0.717, 1.165) is 12.1 Å². The minimum Gasteiger partial charge on any atom is -0.485 e. The van der Waals surface area contributed by atoms with Gasteiger partial charge in [0.25, 0.3) is 11.6 Å².